The topological polar surface area (TPSA) is 21.9 Å². The van der Waals surface area contributed by atoms with Crippen LogP contribution in [0.4, 0.5) is 0 Å². The second kappa shape index (κ2) is 11.5. The van der Waals surface area contributed by atoms with Crippen molar-refractivity contribution in [3.05, 3.63) is 194 Å². The monoisotopic (exact) mass is 639 g/mol. The van der Waals surface area contributed by atoms with Crippen LogP contribution in [0.2, 0.25) is 0 Å². The van der Waals surface area contributed by atoms with Gasteiger partial charge in [-0.25, -0.2) is 0 Å². The van der Waals surface area contributed by atoms with Gasteiger partial charge in [-0.1, -0.05) is 133 Å². The summed E-state index contributed by atoms with van der Waals surface area (Å²) in [5.41, 5.74) is 12.1. The van der Waals surface area contributed by atoms with Crippen molar-refractivity contribution in [2.75, 3.05) is 0 Å². The fourth-order valence-corrected chi connectivity index (χ4v) is 7.78. The molecule has 9 aromatic rings. The third-order valence-corrected chi connectivity index (χ3v) is 10.2. The van der Waals surface area contributed by atoms with Gasteiger partial charge in [-0.2, -0.15) is 0 Å². The number of nitrogens with zero attached hydrogens (tertiary/aromatic N) is 2. The van der Waals surface area contributed by atoms with E-state index in [2.05, 4.69) is 203 Å². The molecule has 0 saturated carbocycles. The highest BCUT2D eigenvalue weighted by atomic mass is 15.2. The van der Waals surface area contributed by atoms with Crippen molar-refractivity contribution in [3.63, 3.8) is 0 Å². The van der Waals surface area contributed by atoms with Gasteiger partial charge in [0.1, 0.15) is 5.82 Å². The lowest BCUT2D eigenvalue weighted by Crippen LogP contribution is -2.23. The lowest BCUT2D eigenvalue weighted by Gasteiger charge is -2.24. The van der Waals surface area contributed by atoms with E-state index in [1.165, 1.54) is 71.4 Å². The molecular weight excluding hydrogens is 607 g/mol. The van der Waals surface area contributed by atoms with Gasteiger partial charge in [-0.3, -0.25) is 4.57 Å². The van der Waals surface area contributed by atoms with Crippen LogP contribution in [0.1, 0.15) is 11.6 Å². The molecular formula is C47H33N3. The van der Waals surface area contributed by atoms with Crippen LogP contribution in [0.15, 0.2) is 188 Å². The first-order valence-electron chi connectivity index (χ1n) is 17.2. The van der Waals surface area contributed by atoms with Gasteiger partial charge in [0, 0.05) is 27.2 Å². The van der Waals surface area contributed by atoms with E-state index in [9.17, 15) is 0 Å². The van der Waals surface area contributed by atoms with Crippen LogP contribution >= 0.6 is 0 Å². The Morgan fingerprint density at radius 3 is 1.56 bits per heavy atom. The van der Waals surface area contributed by atoms with Crippen molar-refractivity contribution in [2.24, 2.45) is 0 Å². The number of fused-ring (bicyclic) bond motifs is 6. The highest BCUT2D eigenvalue weighted by Gasteiger charge is 2.19. The molecule has 1 N–H and O–H groups in total. The minimum atomic E-state index is 0.113. The predicted molar refractivity (Wildman–Crippen MR) is 210 cm³/mol. The first-order chi connectivity index (χ1) is 24.8. The van der Waals surface area contributed by atoms with Crippen molar-refractivity contribution in [3.8, 4) is 27.9 Å². The fraction of sp³-hybridized carbons (Fsp3) is 0.0213. The molecule has 0 amide bonds. The molecule has 10 rings (SSSR count). The normalized spacial score (nSPS) is 14.4. The van der Waals surface area contributed by atoms with Crippen LogP contribution in [0, 0.1) is 0 Å². The Morgan fingerprint density at radius 1 is 0.400 bits per heavy atom. The van der Waals surface area contributed by atoms with Gasteiger partial charge in [-0.15, -0.1) is 0 Å². The molecule has 0 fully saturated rings. The van der Waals surface area contributed by atoms with Crippen LogP contribution in [-0.4, -0.2) is 9.13 Å². The standard InChI is InChI=1S/C47H33N3/c1-3-12-32(13-4-1)33-22-26-37(27-23-33)49-43-19-9-7-16-38(43)40-30-35(24-28-45(40)49)36-25-29-46-41(31-36)39-17-8-10-20-44(39)50(46)47-21-11-18-42(48-47)34-14-5-2-6-15-34/h1-31,42,48H. The molecule has 2 aromatic heterocycles. The number of allylic oxidation sites excluding steroid dienone is 2. The quantitative estimate of drug-likeness (QED) is 0.199. The average Bonchev–Trinajstić information content (AvgIpc) is 3.71. The summed E-state index contributed by atoms with van der Waals surface area (Å²) in [4.78, 5) is 0. The smallest absolute Gasteiger partial charge is 0.111 e. The molecule has 0 aliphatic carbocycles. The van der Waals surface area contributed by atoms with E-state index in [1.54, 1.807) is 0 Å². The molecule has 3 heterocycles. The lowest BCUT2D eigenvalue weighted by atomic mass is 10.0. The maximum Gasteiger partial charge on any atom is 0.111 e. The first-order valence-corrected chi connectivity index (χ1v) is 17.2. The number of aromatic nitrogens is 2. The molecule has 50 heavy (non-hydrogen) atoms. The molecule has 3 nitrogen and oxygen atoms in total. The largest absolute Gasteiger partial charge is 0.361 e. The lowest BCUT2D eigenvalue weighted by molar-refractivity contribution is 0.736. The molecule has 0 bridgehead atoms. The van der Waals surface area contributed by atoms with Crippen LogP contribution in [0.25, 0.3) is 77.4 Å². The van der Waals surface area contributed by atoms with E-state index in [1.807, 2.05) is 0 Å². The average molecular weight is 640 g/mol. The van der Waals surface area contributed by atoms with Crippen molar-refractivity contribution < 1.29 is 0 Å². The number of rotatable bonds is 5. The Morgan fingerprint density at radius 2 is 0.900 bits per heavy atom. The third-order valence-electron chi connectivity index (χ3n) is 10.2. The fourth-order valence-electron chi connectivity index (χ4n) is 7.78. The number of dihydropyridines is 1. The van der Waals surface area contributed by atoms with Crippen molar-refractivity contribution >= 4 is 49.4 Å². The number of para-hydroxylation sites is 2. The summed E-state index contributed by atoms with van der Waals surface area (Å²) in [6.45, 7) is 0. The Kier molecular flexibility index (Phi) is 6.56. The second-order valence-corrected chi connectivity index (χ2v) is 13.1. The van der Waals surface area contributed by atoms with E-state index < -0.39 is 0 Å². The zero-order valence-electron chi connectivity index (χ0n) is 27.4. The Hall–Kier alpha value is -6.58. The van der Waals surface area contributed by atoms with Gasteiger partial charge in [0.25, 0.3) is 0 Å². The summed E-state index contributed by atoms with van der Waals surface area (Å²) >= 11 is 0. The molecule has 1 aliphatic heterocycles. The minimum absolute atomic E-state index is 0.113. The van der Waals surface area contributed by atoms with Gasteiger partial charge >= 0.3 is 0 Å². The number of nitrogens with one attached hydrogen (secondary N) is 1. The van der Waals surface area contributed by atoms with Crippen LogP contribution < -0.4 is 5.32 Å². The summed E-state index contributed by atoms with van der Waals surface area (Å²) in [6, 6.07) is 61.6. The van der Waals surface area contributed by atoms with E-state index in [4.69, 9.17) is 0 Å². The number of benzene rings is 7. The second-order valence-electron chi connectivity index (χ2n) is 13.1. The molecule has 0 spiro atoms. The van der Waals surface area contributed by atoms with Gasteiger partial charge in [0.2, 0.25) is 0 Å². The number of hydrogen-bond donors (Lipinski definition) is 1. The van der Waals surface area contributed by atoms with E-state index in [0.717, 1.165) is 11.5 Å². The zero-order valence-corrected chi connectivity index (χ0v) is 27.4. The van der Waals surface area contributed by atoms with Crippen molar-refractivity contribution in [2.45, 2.75) is 6.04 Å². The molecule has 1 atom stereocenters. The summed E-state index contributed by atoms with van der Waals surface area (Å²) in [5.74, 6) is 1.08. The maximum absolute atomic E-state index is 3.80. The molecule has 7 aromatic carbocycles. The third kappa shape index (κ3) is 4.59. The molecule has 1 unspecified atom stereocenters. The highest BCUT2D eigenvalue weighted by molar-refractivity contribution is 6.13. The van der Waals surface area contributed by atoms with Crippen LogP contribution in [-0.2, 0) is 0 Å². The Bertz CT molecular complexity index is 2760. The summed E-state index contributed by atoms with van der Waals surface area (Å²) in [6.07, 6.45) is 6.57. The summed E-state index contributed by atoms with van der Waals surface area (Å²) in [7, 11) is 0. The van der Waals surface area contributed by atoms with Crippen LogP contribution in [0.3, 0.4) is 0 Å². The van der Waals surface area contributed by atoms with E-state index in [0.29, 0.717) is 0 Å². The zero-order chi connectivity index (χ0) is 33.0. The Labute approximate surface area is 290 Å². The highest BCUT2D eigenvalue weighted by Crippen LogP contribution is 2.38. The van der Waals surface area contributed by atoms with Gasteiger partial charge < -0.3 is 9.88 Å². The van der Waals surface area contributed by atoms with Crippen LogP contribution in [0.5, 0.6) is 0 Å². The van der Waals surface area contributed by atoms with Gasteiger partial charge in [-0.05, 0) is 82.4 Å². The van der Waals surface area contributed by atoms with Gasteiger partial charge in [0.15, 0.2) is 0 Å². The van der Waals surface area contributed by atoms with Crippen molar-refractivity contribution in [1.29, 1.82) is 0 Å². The predicted octanol–water partition coefficient (Wildman–Crippen LogP) is 11.9. The molecule has 0 radical (unpaired) electrons. The SMILES string of the molecule is C1=CC(c2ccccc2)NC(n2c3ccccc3c3cc(-c4ccc5c(c4)c4ccccc4n5-c4ccc(-c5ccccc5)cc4)ccc32)=C1. The molecule has 3 heteroatoms. The van der Waals surface area contributed by atoms with E-state index >= 15 is 0 Å². The maximum atomic E-state index is 3.80. The number of hydrogen-bond acceptors (Lipinski definition) is 1. The molecule has 1 aliphatic rings. The molecule has 236 valence electrons. The molecule has 0 saturated heterocycles. The Balaban J connectivity index is 1.07. The van der Waals surface area contributed by atoms with E-state index in [-0.39, 0.29) is 6.04 Å². The summed E-state index contributed by atoms with van der Waals surface area (Å²) < 4.78 is 4.76. The van der Waals surface area contributed by atoms with Gasteiger partial charge in [0.05, 0.1) is 28.1 Å². The van der Waals surface area contributed by atoms with Crippen molar-refractivity contribution in [1.82, 2.24) is 14.5 Å². The summed E-state index contributed by atoms with van der Waals surface area (Å²) in [5, 5.41) is 8.80. The first kappa shape index (κ1) is 28.4. The minimum Gasteiger partial charge on any atom is -0.361 e.